The van der Waals surface area contributed by atoms with Gasteiger partial charge in [-0.15, -0.1) is 36.2 Å². The van der Waals surface area contributed by atoms with Gasteiger partial charge in [0, 0.05) is 38.1 Å². The minimum absolute atomic E-state index is 0. The zero-order valence-electron chi connectivity index (χ0n) is 14.2. The zero-order valence-corrected chi connectivity index (χ0v) is 16.6. The summed E-state index contributed by atoms with van der Waals surface area (Å²) in [5.41, 5.74) is 1.18. The van der Waals surface area contributed by atoms with Gasteiger partial charge in [0.25, 0.3) is 0 Å². The summed E-state index contributed by atoms with van der Waals surface area (Å²) in [7, 11) is 0. The maximum Gasteiger partial charge on any atom is 0.239 e. The lowest BCUT2D eigenvalue weighted by molar-refractivity contribution is -0.135. The minimum Gasteiger partial charge on any atom is -0.339 e. The molecular weight excluding hydrogens is 367 g/mol. The number of carbonyl (C=O) groups excluding carboxylic acids is 1. The Bertz CT molecular complexity index is 500. The molecule has 1 amide bonds. The van der Waals surface area contributed by atoms with E-state index in [1.807, 2.05) is 4.90 Å². The van der Waals surface area contributed by atoms with Crippen molar-refractivity contribution >= 4 is 42.1 Å². The van der Waals surface area contributed by atoms with E-state index in [0.717, 1.165) is 52.1 Å². The molecule has 2 aliphatic rings. The standard InChI is InChI=1S/C16H26N4OS.2ClH/c1-2-15-18-13(12-22-15)11-19-7-9-20(10-8-19)16(21)14-5-3-4-6-17-14;;/h12,14,17H,2-11H2,1H3;2*1H. The lowest BCUT2D eigenvalue weighted by atomic mass is 10.0. The van der Waals surface area contributed by atoms with Gasteiger partial charge < -0.3 is 10.2 Å². The van der Waals surface area contributed by atoms with Crippen molar-refractivity contribution in [3.8, 4) is 0 Å². The lowest BCUT2D eigenvalue weighted by Crippen LogP contribution is -2.54. The first kappa shape index (κ1) is 21.6. The van der Waals surface area contributed by atoms with Gasteiger partial charge in [-0.3, -0.25) is 9.69 Å². The van der Waals surface area contributed by atoms with Crippen LogP contribution in [-0.2, 0) is 17.8 Å². The van der Waals surface area contributed by atoms with Gasteiger partial charge in [0.05, 0.1) is 16.7 Å². The van der Waals surface area contributed by atoms with Crippen LogP contribution in [0.1, 0.15) is 36.9 Å². The van der Waals surface area contributed by atoms with Crippen molar-refractivity contribution in [1.82, 2.24) is 20.1 Å². The van der Waals surface area contributed by atoms with Gasteiger partial charge in [-0.2, -0.15) is 0 Å². The maximum atomic E-state index is 12.5. The fourth-order valence-corrected chi connectivity index (χ4v) is 3.96. The number of amides is 1. The van der Waals surface area contributed by atoms with E-state index in [1.165, 1.54) is 23.5 Å². The first-order valence-corrected chi connectivity index (χ1v) is 9.32. The number of nitrogens with zero attached hydrogens (tertiary/aromatic N) is 3. The maximum absolute atomic E-state index is 12.5. The summed E-state index contributed by atoms with van der Waals surface area (Å²) in [6.45, 7) is 7.66. The fraction of sp³-hybridized carbons (Fsp3) is 0.750. The summed E-state index contributed by atoms with van der Waals surface area (Å²) >= 11 is 1.75. The van der Waals surface area contributed by atoms with Crippen LogP contribution in [0.2, 0.25) is 0 Å². The highest BCUT2D eigenvalue weighted by molar-refractivity contribution is 7.09. The number of carbonyl (C=O) groups is 1. The van der Waals surface area contributed by atoms with E-state index in [9.17, 15) is 4.79 Å². The molecule has 0 aromatic carbocycles. The molecule has 1 unspecified atom stereocenters. The molecule has 0 spiro atoms. The molecule has 1 aromatic rings. The van der Waals surface area contributed by atoms with E-state index in [2.05, 4.69) is 27.5 Å². The molecule has 138 valence electrons. The number of aromatic nitrogens is 1. The quantitative estimate of drug-likeness (QED) is 0.850. The van der Waals surface area contributed by atoms with Crippen LogP contribution in [0.15, 0.2) is 5.38 Å². The van der Waals surface area contributed by atoms with Gasteiger partial charge in [0.2, 0.25) is 5.91 Å². The Labute approximate surface area is 161 Å². The third-order valence-corrected chi connectivity index (χ3v) is 5.62. The number of aryl methyl sites for hydroxylation is 1. The molecule has 0 aliphatic carbocycles. The molecule has 5 nitrogen and oxygen atoms in total. The van der Waals surface area contributed by atoms with Gasteiger partial charge >= 0.3 is 0 Å². The van der Waals surface area contributed by atoms with Crippen LogP contribution in [0.5, 0.6) is 0 Å². The van der Waals surface area contributed by atoms with Crippen molar-refractivity contribution in [2.24, 2.45) is 0 Å². The van der Waals surface area contributed by atoms with Crippen molar-refractivity contribution in [2.45, 2.75) is 45.2 Å². The molecule has 3 heterocycles. The van der Waals surface area contributed by atoms with Crippen molar-refractivity contribution < 1.29 is 4.79 Å². The first-order chi connectivity index (χ1) is 10.8. The number of piperazine rings is 1. The van der Waals surface area contributed by atoms with E-state index in [4.69, 9.17) is 0 Å². The predicted octanol–water partition coefficient (Wildman–Crippen LogP) is 2.34. The minimum atomic E-state index is 0. The van der Waals surface area contributed by atoms with Crippen LogP contribution in [0.3, 0.4) is 0 Å². The van der Waals surface area contributed by atoms with E-state index in [0.29, 0.717) is 5.91 Å². The van der Waals surface area contributed by atoms with Crippen molar-refractivity contribution in [2.75, 3.05) is 32.7 Å². The Kier molecular flexibility index (Phi) is 9.52. The highest BCUT2D eigenvalue weighted by Crippen LogP contribution is 2.15. The monoisotopic (exact) mass is 394 g/mol. The molecule has 1 atom stereocenters. The van der Waals surface area contributed by atoms with E-state index < -0.39 is 0 Å². The molecule has 1 N–H and O–H groups in total. The molecule has 8 heteroatoms. The molecule has 0 radical (unpaired) electrons. The summed E-state index contributed by atoms with van der Waals surface area (Å²) in [5.74, 6) is 0.307. The fourth-order valence-electron chi connectivity index (χ4n) is 3.22. The van der Waals surface area contributed by atoms with E-state index in [-0.39, 0.29) is 30.9 Å². The van der Waals surface area contributed by atoms with Gasteiger partial charge in [-0.1, -0.05) is 13.3 Å². The summed E-state index contributed by atoms with van der Waals surface area (Å²) < 4.78 is 0. The predicted molar refractivity (Wildman–Crippen MR) is 103 cm³/mol. The van der Waals surface area contributed by atoms with Crippen LogP contribution in [0.4, 0.5) is 0 Å². The normalized spacial score (nSPS) is 21.7. The van der Waals surface area contributed by atoms with E-state index in [1.54, 1.807) is 11.3 Å². The molecule has 0 saturated carbocycles. The van der Waals surface area contributed by atoms with E-state index >= 15 is 0 Å². The Balaban J connectivity index is 0.00000144. The van der Waals surface area contributed by atoms with Crippen molar-refractivity contribution in [3.05, 3.63) is 16.1 Å². The molecule has 24 heavy (non-hydrogen) atoms. The number of rotatable bonds is 4. The van der Waals surface area contributed by atoms with Crippen LogP contribution >= 0.6 is 36.2 Å². The number of hydrogen-bond acceptors (Lipinski definition) is 5. The highest BCUT2D eigenvalue weighted by atomic mass is 35.5. The first-order valence-electron chi connectivity index (χ1n) is 8.44. The molecule has 2 fully saturated rings. The second kappa shape index (κ2) is 10.6. The van der Waals surface area contributed by atoms with Gasteiger partial charge in [-0.05, 0) is 25.8 Å². The summed E-state index contributed by atoms with van der Waals surface area (Å²) in [4.78, 5) is 21.6. The third-order valence-electron chi connectivity index (χ3n) is 4.58. The lowest BCUT2D eigenvalue weighted by Gasteiger charge is -2.37. The smallest absolute Gasteiger partial charge is 0.239 e. The Hall–Kier alpha value is -0.400. The average Bonchev–Trinajstić information content (AvgIpc) is 3.03. The molecule has 2 aliphatic heterocycles. The molecule has 3 rings (SSSR count). The topological polar surface area (TPSA) is 48.5 Å². The van der Waals surface area contributed by atoms with Crippen LogP contribution in [0.25, 0.3) is 0 Å². The molecule has 2 saturated heterocycles. The molecular formula is C16H28Cl2N4OS. The van der Waals surface area contributed by atoms with Gasteiger partial charge in [0.15, 0.2) is 0 Å². The van der Waals surface area contributed by atoms with Crippen LogP contribution in [-0.4, -0.2) is 59.5 Å². The third kappa shape index (κ3) is 5.56. The summed E-state index contributed by atoms with van der Waals surface area (Å²) in [5, 5.41) is 6.75. The Morgan fingerprint density at radius 1 is 1.29 bits per heavy atom. The highest BCUT2D eigenvalue weighted by Gasteiger charge is 2.28. The number of hydrogen-bond donors (Lipinski definition) is 1. The average molecular weight is 395 g/mol. The van der Waals surface area contributed by atoms with Crippen LogP contribution < -0.4 is 5.32 Å². The number of nitrogens with one attached hydrogen (secondary N) is 1. The number of thiazole rings is 1. The van der Waals surface area contributed by atoms with Crippen molar-refractivity contribution in [3.63, 3.8) is 0 Å². The van der Waals surface area contributed by atoms with Gasteiger partial charge in [-0.25, -0.2) is 4.98 Å². The zero-order chi connectivity index (χ0) is 15.4. The second-order valence-electron chi connectivity index (χ2n) is 6.19. The summed E-state index contributed by atoms with van der Waals surface area (Å²) in [6, 6.07) is 0.0611. The van der Waals surface area contributed by atoms with Gasteiger partial charge in [0.1, 0.15) is 0 Å². The largest absolute Gasteiger partial charge is 0.339 e. The van der Waals surface area contributed by atoms with Crippen molar-refractivity contribution in [1.29, 1.82) is 0 Å². The SMILES string of the molecule is CCc1nc(CN2CCN(C(=O)C3CCCCN3)CC2)cs1.Cl.Cl. The number of piperidine rings is 1. The summed E-state index contributed by atoms with van der Waals surface area (Å²) in [6.07, 6.45) is 4.39. The molecule has 0 bridgehead atoms. The Morgan fingerprint density at radius 3 is 2.62 bits per heavy atom. The Morgan fingerprint density at radius 2 is 2.04 bits per heavy atom. The second-order valence-corrected chi connectivity index (χ2v) is 7.13. The molecule has 1 aromatic heterocycles. The van der Waals surface area contributed by atoms with Crippen LogP contribution in [0, 0.1) is 0 Å². The number of halogens is 2.